The van der Waals surface area contributed by atoms with Crippen molar-refractivity contribution in [2.24, 2.45) is 0 Å². The fourth-order valence-corrected chi connectivity index (χ4v) is 1.94. The van der Waals surface area contributed by atoms with Crippen molar-refractivity contribution in [3.63, 3.8) is 0 Å². The Morgan fingerprint density at radius 2 is 1.95 bits per heavy atom. The minimum Gasteiger partial charge on any atom is -0.484 e. The summed E-state index contributed by atoms with van der Waals surface area (Å²) in [4.78, 5) is 12.0. The lowest BCUT2D eigenvalue weighted by atomic mass is 10.1. The SMILES string of the molecule is Cc1cc(NC(=O)COc2ccccc2)n(C(C)(C)C)n1. The quantitative estimate of drug-likeness (QED) is 0.940. The second-order valence-electron chi connectivity index (χ2n) is 5.90. The maximum Gasteiger partial charge on any atom is 0.263 e. The molecule has 0 atom stereocenters. The molecule has 0 aliphatic carbocycles. The molecule has 1 amide bonds. The van der Waals surface area contributed by atoms with E-state index in [1.165, 1.54) is 0 Å². The smallest absolute Gasteiger partial charge is 0.263 e. The highest BCUT2D eigenvalue weighted by Gasteiger charge is 2.20. The molecule has 0 aliphatic heterocycles. The van der Waals surface area contributed by atoms with Gasteiger partial charge in [-0.15, -0.1) is 0 Å². The minimum atomic E-state index is -0.204. The standard InChI is InChI=1S/C16H21N3O2/c1-12-10-14(19(18-12)16(2,3)4)17-15(20)11-21-13-8-6-5-7-9-13/h5-10H,11H2,1-4H3,(H,17,20). The molecule has 0 spiro atoms. The number of nitrogens with zero attached hydrogens (tertiary/aromatic N) is 2. The van der Waals surface area contributed by atoms with Crippen molar-refractivity contribution in [2.45, 2.75) is 33.2 Å². The van der Waals surface area contributed by atoms with Gasteiger partial charge in [0.05, 0.1) is 11.2 Å². The molecule has 0 bridgehead atoms. The van der Waals surface area contributed by atoms with Crippen LogP contribution in [-0.2, 0) is 10.3 Å². The summed E-state index contributed by atoms with van der Waals surface area (Å²) in [6.45, 7) is 7.98. The van der Waals surface area contributed by atoms with Crippen LogP contribution < -0.4 is 10.1 Å². The highest BCUT2D eigenvalue weighted by atomic mass is 16.5. The number of rotatable bonds is 4. The summed E-state index contributed by atoms with van der Waals surface area (Å²) in [6, 6.07) is 11.1. The monoisotopic (exact) mass is 287 g/mol. The molecule has 5 heteroatoms. The summed E-state index contributed by atoms with van der Waals surface area (Å²) in [7, 11) is 0. The molecule has 0 fully saturated rings. The number of aromatic nitrogens is 2. The second-order valence-corrected chi connectivity index (χ2v) is 5.90. The van der Waals surface area contributed by atoms with Crippen molar-refractivity contribution in [3.05, 3.63) is 42.1 Å². The van der Waals surface area contributed by atoms with E-state index >= 15 is 0 Å². The number of para-hydroxylation sites is 1. The maximum atomic E-state index is 12.0. The zero-order valence-corrected chi connectivity index (χ0v) is 12.9. The van der Waals surface area contributed by atoms with E-state index in [2.05, 4.69) is 10.4 Å². The molecule has 1 aromatic heterocycles. The van der Waals surface area contributed by atoms with Crippen molar-refractivity contribution in [1.82, 2.24) is 9.78 Å². The van der Waals surface area contributed by atoms with Gasteiger partial charge in [-0.3, -0.25) is 4.79 Å². The molecular formula is C16H21N3O2. The number of ether oxygens (including phenoxy) is 1. The van der Waals surface area contributed by atoms with Crippen LogP contribution in [0.1, 0.15) is 26.5 Å². The summed E-state index contributed by atoms with van der Waals surface area (Å²) in [6.07, 6.45) is 0. The molecule has 2 aromatic rings. The van der Waals surface area contributed by atoms with Crippen molar-refractivity contribution < 1.29 is 9.53 Å². The topological polar surface area (TPSA) is 56.1 Å². The molecule has 1 aromatic carbocycles. The lowest BCUT2D eigenvalue weighted by Gasteiger charge is -2.22. The van der Waals surface area contributed by atoms with Crippen LogP contribution in [0.25, 0.3) is 0 Å². The van der Waals surface area contributed by atoms with Gasteiger partial charge in [-0.05, 0) is 39.8 Å². The number of hydrogen-bond acceptors (Lipinski definition) is 3. The van der Waals surface area contributed by atoms with Gasteiger partial charge in [0.2, 0.25) is 0 Å². The van der Waals surface area contributed by atoms with Crippen LogP contribution in [0.2, 0.25) is 0 Å². The molecule has 112 valence electrons. The van der Waals surface area contributed by atoms with Gasteiger partial charge in [0.1, 0.15) is 11.6 Å². The van der Waals surface area contributed by atoms with Crippen molar-refractivity contribution >= 4 is 11.7 Å². The minimum absolute atomic E-state index is 0.0294. The van der Waals surface area contributed by atoms with Crippen LogP contribution in [0.15, 0.2) is 36.4 Å². The normalized spacial score (nSPS) is 11.2. The number of nitrogens with one attached hydrogen (secondary N) is 1. The Hall–Kier alpha value is -2.30. The molecule has 0 unspecified atom stereocenters. The molecule has 0 saturated carbocycles. The van der Waals surface area contributed by atoms with E-state index in [0.717, 1.165) is 5.69 Å². The Morgan fingerprint density at radius 1 is 1.29 bits per heavy atom. The average molecular weight is 287 g/mol. The zero-order chi connectivity index (χ0) is 15.5. The summed E-state index contributed by atoms with van der Waals surface area (Å²) in [5.74, 6) is 1.15. The van der Waals surface area contributed by atoms with Gasteiger partial charge in [0.25, 0.3) is 5.91 Å². The lowest BCUT2D eigenvalue weighted by molar-refractivity contribution is -0.118. The van der Waals surface area contributed by atoms with E-state index in [4.69, 9.17) is 4.74 Å². The first-order valence-electron chi connectivity index (χ1n) is 6.91. The van der Waals surface area contributed by atoms with E-state index in [-0.39, 0.29) is 18.1 Å². The Morgan fingerprint density at radius 3 is 2.57 bits per heavy atom. The highest BCUT2D eigenvalue weighted by molar-refractivity contribution is 5.91. The molecule has 1 N–H and O–H groups in total. The third kappa shape index (κ3) is 4.08. The third-order valence-corrected chi connectivity index (χ3v) is 2.85. The Balaban J connectivity index is 2.00. The zero-order valence-electron chi connectivity index (χ0n) is 12.9. The van der Waals surface area contributed by atoms with E-state index in [1.807, 2.05) is 68.8 Å². The summed E-state index contributed by atoms with van der Waals surface area (Å²) in [5.41, 5.74) is 0.668. The van der Waals surface area contributed by atoms with Gasteiger partial charge in [-0.25, -0.2) is 4.68 Å². The largest absolute Gasteiger partial charge is 0.484 e. The van der Waals surface area contributed by atoms with Gasteiger partial charge >= 0.3 is 0 Å². The van der Waals surface area contributed by atoms with E-state index in [9.17, 15) is 4.79 Å². The number of benzene rings is 1. The van der Waals surface area contributed by atoms with E-state index in [1.54, 1.807) is 0 Å². The first kappa shape index (κ1) is 15.1. The van der Waals surface area contributed by atoms with Gasteiger partial charge in [0, 0.05) is 6.07 Å². The van der Waals surface area contributed by atoms with Gasteiger partial charge in [-0.1, -0.05) is 18.2 Å². The number of aryl methyl sites for hydroxylation is 1. The first-order valence-corrected chi connectivity index (χ1v) is 6.91. The van der Waals surface area contributed by atoms with Crippen molar-refractivity contribution in [1.29, 1.82) is 0 Å². The molecule has 21 heavy (non-hydrogen) atoms. The van der Waals surface area contributed by atoms with Crippen LogP contribution in [0.4, 0.5) is 5.82 Å². The fraction of sp³-hybridized carbons (Fsp3) is 0.375. The molecule has 0 saturated heterocycles. The third-order valence-electron chi connectivity index (χ3n) is 2.85. The van der Waals surface area contributed by atoms with Crippen LogP contribution in [-0.4, -0.2) is 22.3 Å². The molecule has 0 aliphatic rings. The molecule has 1 heterocycles. The summed E-state index contributed by atoms with van der Waals surface area (Å²) in [5, 5.41) is 7.26. The summed E-state index contributed by atoms with van der Waals surface area (Å²) < 4.78 is 7.24. The summed E-state index contributed by atoms with van der Waals surface area (Å²) >= 11 is 0. The Bertz CT molecular complexity index is 612. The molecule has 5 nitrogen and oxygen atoms in total. The number of carbonyl (C=O) groups excluding carboxylic acids is 1. The number of amides is 1. The van der Waals surface area contributed by atoms with Gasteiger partial charge in [0.15, 0.2) is 6.61 Å². The fourth-order valence-electron chi connectivity index (χ4n) is 1.94. The second kappa shape index (κ2) is 5.99. The van der Waals surface area contributed by atoms with E-state index < -0.39 is 0 Å². The van der Waals surface area contributed by atoms with Crippen LogP contribution in [0.3, 0.4) is 0 Å². The van der Waals surface area contributed by atoms with Gasteiger partial charge < -0.3 is 10.1 Å². The Labute approximate surface area is 124 Å². The molecule has 2 rings (SSSR count). The predicted molar refractivity (Wildman–Crippen MR) is 82.5 cm³/mol. The molecule has 0 radical (unpaired) electrons. The maximum absolute atomic E-state index is 12.0. The van der Waals surface area contributed by atoms with Crippen LogP contribution >= 0.6 is 0 Å². The highest BCUT2D eigenvalue weighted by Crippen LogP contribution is 2.21. The van der Waals surface area contributed by atoms with Crippen molar-refractivity contribution in [3.8, 4) is 5.75 Å². The first-order chi connectivity index (χ1) is 9.86. The van der Waals surface area contributed by atoms with Gasteiger partial charge in [-0.2, -0.15) is 5.10 Å². The van der Waals surface area contributed by atoms with Crippen molar-refractivity contribution in [2.75, 3.05) is 11.9 Å². The Kier molecular flexibility index (Phi) is 4.31. The average Bonchev–Trinajstić information content (AvgIpc) is 2.78. The number of hydrogen-bond donors (Lipinski definition) is 1. The van der Waals surface area contributed by atoms with Crippen LogP contribution in [0.5, 0.6) is 5.75 Å². The molecular weight excluding hydrogens is 266 g/mol. The number of anilines is 1. The predicted octanol–water partition coefficient (Wildman–Crippen LogP) is 2.96. The van der Waals surface area contributed by atoms with Crippen LogP contribution in [0, 0.1) is 6.92 Å². The number of carbonyl (C=O) groups is 1. The lowest BCUT2D eigenvalue weighted by Crippen LogP contribution is -2.28. The van der Waals surface area contributed by atoms with E-state index in [0.29, 0.717) is 11.6 Å².